The molecule has 2 amide bonds. The zero-order valence-corrected chi connectivity index (χ0v) is 16.6. The molecular weight excluding hydrogens is 340 g/mol. The summed E-state index contributed by atoms with van der Waals surface area (Å²) in [6, 6.07) is 8.71. The number of nitrogens with one attached hydrogen (secondary N) is 1. The summed E-state index contributed by atoms with van der Waals surface area (Å²) in [6.07, 6.45) is 4.90. The Kier molecular flexibility index (Phi) is 7.50. The van der Waals surface area contributed by atoms with Crippen LogP contribution >= 0.6 is 0 Å². The minimum atomic E-state index is 0.0730. The molecule has 2 N–H and O–H groups in total. The fourth-order valence-electron chi connectivity index (χ4n) is 4.18. The molecule has 0 aliphatic carbocycles. The monoisotopic (exact) mass is 374 g/mol. The zero-order valence-electron chi connectivity index (χ0n) is 16.6. The summed E-state index contributed by atoms with van der Waals surface area (Å²) in [5, 5.41) is 12.6. The van der Waals surface area contributed by atoms with Crippen LogP contribution < -0.4 is 5.32 Å². The average Bonchev–Trinajstić information content (AvgIpc) is 2.70. The highest BCUT2D eigenvalue weighted by molar-refractivity contribution is 5.74. The lowest BCUT2D eigenvalue weighted by molar-refractivity contribution is 0.133. The highest BCUT2D eigenvalue weighted by atomic mass is 16.3. The molecular formula is C21H34N4O2. The maximum absolute atomic E-state index is 12.4. The van der Waals surface area contributed by atoms with Crippen molar-refractivity contribution in [3.63, 3.8) is 0 Å². The quantitative estimate of drug-likeness (QED) is 0.798. The Balaban J connectivity index is 1.37. The number of urea groups is 1. The van der Waals surface area contributed by atoms with Crippen LogP contribution in [0.15, 0.2) is 24.3 Å². The molecule has 2 aliphatic rings. The van der Waals surface area contributed by atoms with Crippen LogP contribution in [-0.4, -0.2) is 78.2 Å². The summed E-state index contributed by atoms with van der Waals surface area (Å²) >= 11 is 0. The fourth-order valence-corrected chi connectivity index (χ4v) is 4.18. The number of amides is 2. The maximum atomic E-state index is 12.4. The predicted octanol–water partition coefficient (Wildman–Crippen LogP) is 1.88. The largest absolute Gasteiger partial charge is 0.392 e. The molecule has 0 radical (unpaired) electrons. The number of aliphatic hydroxyl groups excluding tert-OH is 1. The van der Waals surface area contributed by atoms with Gasteiger partial charge in [-0.05, 0) is 44.0 Å². The lowest BCUT2D eigenvalue weighted by Crippen LogP contribution is -2.52. The number of carbonyl (C=O) groups excluding carboxylic acids is 1. The van der Waals surface area contributed by atoms with Crippen molar-refractivity contribution < 1.29 is 9.90 Å². The molecule has 2 aliphatic heterocycles. The van der Waals surface area contributed by atoms with Gasteiger partial charge in [0.05, 0.1) is 6.61 Å². The van der Waals surface area contributed by atoms with E-state index in [1.807, 2.05) is 23.1 Å². The van der Waals surface area contributed by atoms with Crippen LogP contribution in [0, 0.1) is 0 Å². The Morgan fingerprint density at radius 1 is 1.11 bits per heavy atom. The van der Waals surface area contributed by atoms with Gasteiger partial charge in [-0.15, -0.1) is 0 Å². The molecule has 0 aromatic heterocycles. The van der Waals surface area contributed by atoms with Gasteiger partial charge < -0.3 is 20.2 Å². The van der Waals surface area contributed by atoms with E-state index in [4.69, 9.17) is 0 Å². The summed E-state index contributed by atoms with van der Waals surface area (Å²) in [4.78, 5) is 19.2. The molecule has 6 nitrogen and oxygen atoms in total. The van der Waals surface area contributed by atoms with Crippen molar-refractivity contribution >= 4 is 6.03 Å². The molecule has 6 heteroatoms. The van der Waals surface area contributed by atoms with Gasteiger partial charge in [-0.3, -0.25) is 4.90 Å². The second kappa shape index (κ2) is 10.1. The van der Waals surface area contributed by atoms with Gasteiger partial charge in [0.1, 0.15) is 0 Å². The smallest absolute Gasteiger partial charge is 0.317 e. The minimum absolute atomic E-state index is 0.0730. The second-order valence-corrected chi connectivity index (χ2v) is 7.84. The molecule has 2 fully saturated rings. The van der Waals surface area contributed by atoms with Crippen LogP contribution in [-0.2, 0) is 13.2 Å². The lowest BCUT2D eigenvalue weighted by atomic mass is 10.0. The molecule has 0 bridgehead atoms. The first-order valence-corrected chi connectivity index (χ1v) is 10.3. The summed E-state index contributed by atoms with van der Waals surface area (Å²) in [5.41, 5.74) is 2.17. The van der Waals surface area contributed by atoms with E-state index in [0.717, 1.165) is 51.3 Å². The summed E-state index contributed by atoms with van der Waals surface area (Å²) in [7, 11) is 2.19. The molecule has 2 saturated heterocycles. The normalized spacial score (nSPS) is 22.0. The molecule has 27 heavy (non-hydrogen) atoms. The summed E-state index contributed by atoms with van der Waals surface area (Å²) in [6.45, 7) is 6.12. The van der Waals surface area contributed by atoms with Gasteiger partial charge in [0, 0.05) is 45.3 Å². The molecule has 1 unspecified atom stereocenters. The Bertz CT molecular complexity index is 602. The van der Waals surface area contributed by atoms with E-state index in [-0.39, 0.29) is 12.6 Å². The third-order valence-corrected chi connectivity index (χ3v) is 6.02. The number of nitrogens with zero attached hydrogens (tertiary/aromatic N) is 3. The Hall–Kier alpha value is -1.63. The number of hydrogen-bond acceptors (Lipinski definition) is 4. The predicted molar refractivity (Wildman–Crippen MR) is 107 cm³/mol. The van der Waals surface area contributed by atoms with Crippen molar-refractivity contribution in [1.29, 1.82) is 0 Å². The fraction of sp³-hybridized carbons (Fsp3) is 0.667. The van der Waals surface area contributed by atoms with Gasteiger partial charge >= 0.3 is 6.03 Å². The highest BCUT2D eigenvalue weighted by Gasteiger charge is 2.22. The molecule has 1 atom stereocenters. The SMILES string of the molecule is CN1CCCCC1CCNC(=O)N1CCN(Cc2ccccc2CO)CC1. The Morgan fingerprint density at radius 2 is 1.85 bits per heavy atom. The first kappa shape index (κ1) is 20.1. The Morgan fingerprint density at radius 3 is 2.56 bits per heavy atom. The van der Waals surface area contributed by atoms with Crippen molar-refractivity contribution in [1.82, 2.24) is 20.0 Å². The third-order valence-electron chi connectivity index (χ3n) is 6.02. The van der Waals surface area contributed by atoms with E-state index < -0.39 is 0 Å². The van der Waals surface area contributed by atoms with Crippen LogP contribution in [0.4, 0.5) is 4.79 Å². The number of piperidine rings is 1. The number of hydrogen-bond donors (Lipinski definition) is 2. The van der Waals surface area contributed by atoms with Crippen LogP contribution in [0.3, 0.4) is 0 Å². The first-order chi connectivity index (χ1) is 13.2. The van der Waals surface area contributed by atoms with Gasteiger partial charge in [-0.1, -0.05) is 30.7 Å². The standard InChI is InChI=1S/C21H34N4O2/c1-23-11-5-4-8-20(23)9-10-22-21(27)25-14-12-24(13-15-25)16-18-6-2-3-7-19(18)17-26/h2-3,6-7,20,26H,4-5,8-17H2,1H3,(H,22,27). The van der Waals surface area contributed by atoms with Crippen LogP contribution in [0.2, 0.25) is 0 Å². The molecule has 150 valence electrons. The maximum Gasteiger partial charge on any atom is 0.317 e. The Labute approximate surface area is 163 Å². The van der Waals surface area contributed by atoms with Gasteiger partial charge in [-0.25, -0.2) is 4.79 Å². The van der Waals surface area contributed by atoms with Crippen molar-refractivity contribution in [2.45, 2.75) is 44.9 Å². The van der Waals surface area contributed by atoms with E-state index in [1.54, 1.807) is 0 Å². The van der Waals surface area contributed by atoms with Gasteiger partial charge in [0.15, 0.2) is 0 Å². The topological polar surface area (TPSA) is 59.1 Å². The first-order valence-electron chi connectivity index (χ1n) is 10.3. The minimum Gasteiger partial charge on any atom is -0.392 e. The van der Waals surface area contributed by atoms with Crippen molar-refractivity contribution in [3.05, 3.63) is 35.4 Å². The van der Waals surface area contributed by atoms with E-state index in [9.17, 15) is 9.90 Å². The van der Waals surface area contributed by atoms with E-state index >= 15 is 0 Å². The molecule has 1 aromatic carbocycles. The third kappa shape index (κ3) is 5.67. The highest BCUT2D eigenvalue weighted by Crippen LogP contribution is 2.17. The molecule has 0 spiro atoms. The molecule has 1 aromatic rings. The average molecular weight is 375 g/mol. The van der Waals surface area contributed by atoms with Crippen molar-refractivity contribution in [2.75, 3.05) is 46.3 Å². The van der Waals surface area contributed by atoms with Gasteiger partial charge in [-0.2, -0.15) is 0 Å². The van der Waals surface area contributed by atoms with Crippen molar-refractivity contribution in [3.8, 4) is 0 Å². The number of rotatable bonds is 6. The number of aliphatic hydroxyl groups is 1. The molecule has 2 heterocycles. The number of carbonyl (C=O) groups is 1. The lowest BCUT2D eigenvalue weighted by Gasteiger charge is -2.35. The molecule has 0 saturated carbocycles. The van der Waals surface area contributed by atoms with Gasteiger partial charge in [0.25, 0.3) is 0 Å². The van der Waals surface area contributed by atoms with E-state index in [0.29, 0.717) is 6.04 Å². The van der Waals surface area contributed by atoms with Crippen LogP contribution in [0.5, 0.6) is 0 Å². The van der Waals surface area contributed by atoms with Crippen molar-refractivity contribution in [2.24, 2.45) is 0 Å². The summed E-state index contributed by atoms with van der Waals surface area (Å²) in [5.74, 6) is 0. The number of piperazine rings is 1. The number of benzene rings is 1. The van der Waals surface area contributed by atoms with Gasteiger partial charge in [0.2, 0.25) is 0 Å². The van der Waals surface area contributed by atoms with E-state index in [2.05, 4.69) is 28.2 Å². The van der Waals surface area contributed by atoms with E-state index in [1.165, 1.54) is 31.4 Å². The van der Waals surface area contributed by atoms with Crippen LogP contribution in [0.1, 0.15) is 36.8 Å². The number of likely N-dealkylation sites (tertiary alicyclic amines) is 1. The summed E-state index contributed by atoms with van der Waals surface area (Å²) < 4.78 is 0. The second-order valence-electron chi connectivity index (χ2n) is 7.84. The molecule has 3 rings (SSSR count). The van der Waals surface area contributed by atoms with Crippen LogP contribution in [0.25, 0.3) is 0 Å². The zero-order chi connectivity index (χ0) is 19.1.